The Balaban J connectivity index is 1.49. The van der Waals surface area contributed by atoms with Crippen LogP contribution in [0.2, 0.25) is 0 Å². The van der Waals surface area contributed by atoms with Gasteiger partial charge in [-0.25, -0.2) is 9.59 Å². The maximum Gasteiger partial charge on any atom is 0.411 e. The molecule has 0 saturated carbocycles. The normalized spacial score (nSPS) is 20.5. The third-order valence-electron chi connectivity index (χ3n) is 7.85. The zero-order chi connectivity index (χ0) is 32.3. The van der Waals surface area contributed by atoms with E-state index in [4.69, 9.17) is 9.47 Å². The second-order valence-corrected chi connectivity index (χ2v) is 11.9. The number of likely N-dealkylation sites (tertiary alicyclic amines) is 1. The Morgan fingerprint density at radius 3 is 2.22 bits per heavy atom. The Labute approximate surface area is 260 Å². The van der Waals surface area contributed by atoms with Gasteiger partial charge in [0.1, 0.15) is 19.3 Å². The van der Waals surface area contributed by atoms with Crippen LogP contribution in [0, 0.1) is 15.5 Å². The fraction of sp³-hybridized carbons (Fsp3) is 0.294. The molecule has 5 rings (SSSR count). The Morgan fingerprint density at radius 1 is 1.00 bits per heavy atom. The van der Waals surface area contributed by atoms with Crippen molar-refractivity contribution in [3.63, 3.8) is 0 Å². The molecule has 4 atom stereocenters. The lowest BCUT2D eigenvalue weighted by Gasteiger charge is -2.52. The highest BCUT2D eigenvalue weighted by molar-refractivity contribution is 6.10. The van der Waals surface area contributed by atoms with Gasteiger partial charge in [-0.15, -0.1) is 0 Å². The lowest BCUT2D eigenvalue weighted by atomic mass is 9.81. The van der Waals surface area contributed by atoms with Gasteiger partial charge in [-0.05, 0) is 28.8 Å². The van der Waals surface area contributed by atoms with Crippen molar-refractivity contribution in [2.45, 2.75) is 51.5 Å². The highest BCUT2D eigenvalue weighted by Crippen LogP contribution is 2.39. The van der Waals surface area contributed by atoms with E-state index in [0.717, 1.165) is 11.1 Å². The van der Waals surface area contributed by atoms with Gasteiger partial charge < -0.3 is 14.4 Å². The van der Waals surface area contributed by atoms with Gasteiger partial charge in [0.25, 0.3) is 5.69 Å². The Kier molecular flexibility index (Phi) is 8.80. The monoisotopic (exact) mass is 611 g/mol. The van der Waals surface area contributed by atoms with E-state index in [2.05, 4.69) is 0 Å². The van der Waals surface area contributed by atoms with Gasteiger partial charge in [0.2, 0.25) is 5.91 Å². The number of carbonyl (C=O) groups is 4. The number of ketones is 1. The second-order valence-electron chi connectivity index (χ2n) is 11.9. The van der Waals surface area contributed by atoms with Crippen LogP contribution in [0.4, 0.5) is 10.5 Å². The van der Waals surface area contributed by atoms with Crippen LogP contribution in [0.25, 0.3) is 6.08 Å². The van der Waals surface area contributed by atoms with E-state index >= 15 is 0 Å². The number of β-lactam (4-membered cyclic amide) rings is 1. The number of hydrogen-bond donors (Lipinski definition) is 0. The van der Waals surface area contributed by atoms with Gasteiger partial charge in [-0.2, -0.15) is 0 Å². The predicted octanol–water partition coefficient (Wildman–Crippen LogP) is 5.11. The van der Waals surface area contributed by atoms with Crippen molar-refractivity contribution in [3.8, 4) is 0 Å². The highest BCUT2D eigenvalue weighted by Gasteiger charge is 2.60. The number of benzene rings is 3. The molecular formula is C34H33N3O8. The number of cyclic esters (lactones) is 1. The minimum Gasteiger partial charge on any atom is -0.459 e. The summed E-state index contributed by atoms with van der Waals surface area (Å²) in [7, 11) is 0. The van der Waals surface area contributed by atoms with Gasteiger partial charge in [0.05, 0.1) is 17.0 Å². The molecule has 11 heteroatoms. The summed E-state index contributed by atoms with van der Waals surface area (Å²) in [4.78, 5) is 67.7. The van der Waals surface area contributed by atoms with E-state index in [1.54, 1.807) is 32.9 Å². The van der Waals surface area contributed by atoms with Crippen LogP contribution in [0.1, 0.15) is 43.5 Å². The van der Waals surface area contributed by atoms with Crippen molar-refractivity contribution in [2.24, 2.45) is 5.41 Å². The van der Waals surface area contributed by atoms with Crippen LogP contribution in [0.5, 0.6) is 0 Å². The molecule has 45 heavy (non-hydrogen) atoms. The van der Waals surface area contributed by atoms with Gasteiger partial charge >= 0.3 is 12.1 Å². The summed E-state index contributed by atoms with van der Waals surface area (Å²) < 4.78 is 10.9. The lowest BCUT2D eigenvalue weighted by Crippen LogP contribution is -2.75. The Bertz CT molecular complexity index is 1620. The van der Waals surface area contributed by atoms with Gasteiger partial charge in [-0.1, -0.05) is 93.6 Å². The maximum atomic E-state index is 14.1. The molecule has 2 saturated heterocycles. The van der Waals surface area contributed by atoms with Crippen molar-refractivity contribution in [2.75, 3.05) is 6.61 Å². The average Bonchev–Trinajstić information content (AvgIpc) is 3.40. The maximum absolute atomic E-state index is 14.1. The molecule has 2 amide bonds. The molecule has 0 spiro atoms. The Morgan fingerprint density at radius 2 is 1.62 bits per heavy atom. The largest absolute Gasteiger partial charge is 0.459 e. The predicted molar refractivity (Wildman–Crippen MR) is 163 cm³/mol. The number of ether oxygens (including phenoxy) is 2. The van der Waals surface area contributed by atoms with E-state index in [0.29, 0.717) is 5.56 Å². The van der Waals surface area contributed by atoms with E-state index in [9.17, 15) is 29.3 Å². The number of carbonyl (C=O) groups excluding carboxylic acids is 4. The number of esters is 1. The van der Waals surface area contributed by atoms with Crippen LogP contribution in [0.3, 0.4) is 0 Å². The molecule has 3 aromatic carbocycles. The molecule has 0 aliphatic carbocycles. The van der Waals surface area contributed by atoms with Crippen molar-refractivity contribution >= 4 is 35.5 Å². The lowest BCUT2D eigenvalue weighted by molar-refractivity contribution is -0.384. The van der Waals surface area contributed by atoms with Crippen molar-refractivity contribution in [1.82, 2.24) is 9.80 Å². The van der Waals surface area contributed by atoms with E-state index < -0.39 is 58.3 Å². The summed E-state index contributed by atoms with van der Waals surface area (Å²) in [5, 5.41) is 11.0. The van der Waals surface area contributed by atoms with Crippen LogP contribution in [-0.2, 0) is 30.5 Å². The SMILES string of the molecule is CC(C)(C)C(=O)C(C(=O)OCc1ccc([N+](=O)[O-])cc1)N1C(=O)C(N2C(=O)OC[C@@H]2c2ccccc2)C1C=Cc1ccccc1. The Hall–Kier alpha value is -5.32. The molecule has 2 fully saturated rings. The molecule has 232 valence electrons. The first-order chi connectivity index (χ1) is 21.5. The fourth-order valence-electron chi connectivity index (χ4n) is 5.45. The molecule has 0 bridgehead atoms. The summed E-state index contributed by atoms with van der Waals surface area (Å²) in [5.41, 5.74) is 0.916. The molecule has 11 nitrogen and oxygen atoms in total. The van der Waals surface area contributed by atoms with Crippen molar-refractivity contribution < 1.29 is 33.6 Å². The molecule has 0 radical (unpaired) electrons. The number of non-ortho nitro benzene ring substituents is 1. The minimum absolute atomic E-state index is 0.0450. The molecule has 2 aliphatic rings. The van der Waals surface area contributed by atoms with E-state index in [1.165, 1.54) is 34.1 Å². The summed E-state index contributed by atoms with van der Waals surface area (Å²) in [6.45, 7) is 4.71. The summed E-state index contributed by atoms with van der Waals surface area (Å²) in [6, 6.07) is 19.9. The summed E-state index contributed by atoms with van der Waals surface area (Å²) >= 11 is 0. The number of rotatable bonds is 10. The number of nitro benzene ring substituents is 1. The summed E-state index contributed by atoms with van der Waals surface area (Å²) in [5.74, 6) is -2.07. The molecule has 3 unspecified atom stereocenters. The number of nitrogens with zero attached hydrogens (tertiary/aromatic N) is 3. The zero-order valence-electron chi connectivity index (χ0n) is 25.1. The van der Waals surface area contributed by atoms with Crippen LogP contribution in [0.15, 0.2) is 91.0 Å². The van der Waals surface area contributed by atoms with Crippen molar-refractivity contribution in [3.05, 3.63) is 118 Å². The minimum atomic E-state index is -1.61. The first kappa shape index (κ1) is 31.1. The smallest absolute Gasteiger partial charge is 0.411 e. The molecule has 2 heterocycles. The first-order valence-corrected chi connectivity index (χ1v) is 14.5. The topological polar surface area (TPSA) is 136 Å². The first-order valence-electron chi connectivity index (χ1n) is 14.5. The quantitative estimate of drug-likeness (QED) is 0.101. The molecule has 0 aromatic heterocycles. The molecular weight excluding hydrogens is 578 g/mol. The third kappa shape index (κ3) is 6.47. The standard InChI is InChI=1S/C34H33N3O8/c1-34(2,3)30(38)29(32(40)44-20-23-14-17-25(18-15-23)37(42)43)35-26(19-16-22-10-6-4-7-11-22)28(31(35)39)36-27(21-45-33(36)41)24-12-8-5-9-13-24/h4-19,26-29H,20-21H2,1-3H3/t26?,27-,28?,29?/m1/s1. The van der Waals surface area contributed by atoms with Gasteiger partial charge in [0.15, 0.2) is 11.8 Å². The molecule has 2 aliphatic heterocycles. The van der Waals surface area contributed by atoms with Gasteiger partial charge in [-0.3, -0.25) is 24.6 Å². The zero-order valence-corrected chi connectivity index (χ0v) is 25.1. The third-order valence-corrected chi connectivity index (χ3v) is 7.85. The average molecular weight is 612 g/mol. The molecule has 0 N–H and O–H groups in total. The second kappa shape index (κ2) is 12.7. The van der Waals surface area contributed by atoms with E-state index in [-0.39, 0.29) is 18.9 Å². The fourth-order valence-corrected chi connectivity index (χ4v) is 5.45. The summed E-state index contributed by atoms with van der Waals surface area (Å²) in [6.07, 6.45) is 2.82. The van der Waals surface area contributed by atoms with Gasteiger partial charge in [0, 0.05) is 17.5 Å². The van der Waals surface area contributed by atoms with Crippen LogP contribution < -0.4 is 0 Å². The highest BCUT2D eigenvalue weighted by atomic mass is 16.6. The number of hydrogen-bond acceptors (Lipinski definition) is 8. The number of nitro groups is 1. The van der Waals surface area contributed by atoms with Crippen molar-refractivity contribution in [1.29, 1.82) is 0 Å². The molecule has 3 aromatic rings. The number of Topliss-reactive ketones (excluding diaryl/α,β-unsaturated/α-hetero) is 1. The van der Waals surface area contributed by atoms with Crippen LogP contribution >= 0.6 is 0 Å². The van der Waals surface area contributed by atoms with E-state index in [1.807, 2.05) is 60.7 Å². The number of amides is 2. The van der Waals surface area contributed by atoms with Crippen LogP contribution in [-0.4, -0.2) is 63.2 Å².